The van der Waals surface area contributed by atoms with Crippen LogP contribution in [0.5, 0.6) is 0 Å². The van der Waals surface area contributed by atoms with Crippen LogP contribution < -0.4 is 4.90 Å². The Hall–Kier alpha value is -1.99. The van der Waals surface area contributed by atoms with Crippen molar-refractivity contribution in [3.63, 3.8) is 0 Å². The van der Waals surface area contributed by atoms with Crippen molar-refractivity contribution in [2.75, 3.05) is 11.4 Å². The lowest BCUT2D eigenvalue weighted by Crippen LogP contribution is -2.25. The van der Waals surface area contributed by atoms with Gasteiger partial charge in [-0.15, -0.1) is 12.3 Å². The molecule has 1 aromatic rings. The first-order valence-corrected chi connectivity index (χ1v) is 5.70. The average molecular weight is 264 g/mol. The van der Waals surface area contributed by atoms with E-state index in [-0.39, 0.29) is 23.8 Å². The van der Waals surface area contributed by atoms with Gasteiger partial charge in [-0.2, -0.15) is 0 Å². The van der Waals surface area contributed by atoms with Crippen molar-refractivity contribution in [3.8, 4) is 12.3 Å². The third-order valence-electron chi connectivity index (χ3n) is 2.84. The number of benzene rings is 1. The highest BCUT2D eigenvalue weighted by Gasteiger charge is 2.30. The molecule has 0 spiro atoms. The number of terminal acetylenes is 1. The maximum atomic E-state index is 11.8. The standard InChI is InChI=1S/C13H10ClNO3/c1-2-8-5-12(16)15(7-8)11-6-9(13(17)18)3-4-10(11)14/h1,3-4,6,8H,5,7H2,(H,17,18). The fourth-order valence-electron chi connectivity index (χ4n) is 1.90. The van der Waals surface area contributed by atoms with Crippen molar-refractivity contribution in [1.82, 2.24) is 0 Å². The number of anilines is 1. The molecule has 0 saturated carbocycles. The van der Waals surface area contributed by atoms with Crippen LogP contribution in [0.2, 0.25) is 5.02 Å². The van der Waals surface area contributed by atoms with Gasteiger partial charge in [0.1, 0.15) is 0 Å². The molecule has 1 N–H and O–H groups in total. The first-order valence-electron chi connectivity index (χ1n) is 5.32. The highest BCUT2D eigenvalue weighted by atomic mass is 35.5. The summed E-state index contributed by atoms with van der Waals surface area (Å²) in [4.78, 5) is 24.1. The number of amides is 1. The minimum atomic E-state index is -1.06. The van der Waals surface area contributed by atoms with Crippen molar-refractivity contribution in [2.45, 2.75) is 6.42 Å². The first-order chi connectivity index (χ1) is 8.52. The second-order valence-electron chi connectivity index (χ2n) is 4.04. The molecule has 18 heavy (non-hydrogen) atoms. The van der Waals surface area contributed by atoms with Gasteiger partial charge in [-0.05, 0) is 18.2 Å². The van der Waals surface area contributed by atoms with E-state index in [9.17, 15) is 9.59 Å². The highest BCUT2D eigenvalue weighted by Crippen LogP contribution is 2.31. The molecule has 2 rings (SSSR count). The normalized spacial score (nSPS) is 18.8. The van der Waals surface area contributed by atoms with Crippen molar-refractivity contribution in [2.24, 2.45) is 5.92 Å². The van der Waals surface area contributed by atoms with Crippen LogP contribution in [0.25, 0.3) is 0 Å². The number of rotatable bonds is 2. The lowest BCUT2D eigenvalue weighted by Gasteiger charge is -2.18. The molecule has 0 radical (unpaired) electrons. The predicted molar refractivity (Wildman–Crippen MR) is 67.7 cm³/mol. The molecule has 4 nitrogen and oxygen atoms in total. The lowest BCUT2D eigenvalue weighted by molar-refractivity contribution is -0.117. The maximum Gasteiger partial charge on any atom is 0.335 e. The van der Waals surface area contributed by atoms with Crippen LogP contribution in [0.15, 0.2) is 18.2 Å². The van der Waals surface area contributed by atoms with Gasteiger partial charge >= 0.3 is 5.97 Å². The molecular formula is C13H10ClNO3. The number of nitrogens with zero attached hydrogens (tertiary/aromatic N) is 1. The van der Waals surface area contributed by atoms with Gasteiger partial charge in [0.25, 0.3) is 0 Å². The van der Waals surface area contributed by atoms with Gasteiger partial charge in [0.15, 0.2) is 0 Å². The van der Waals surface area contributed by atoms with E-state index in [2.05, 4.69) is 5.92 Å². The van der Waals surface area contributed by atoms with Crippen LogP contribution in [0.4, 0.5) is 5.69 Å². The molecular weight excluding hydrogens is 254 g/mol. The average Bonchev–Trinajstić information content (AvgIpc) is 2.71. The zero-order chi connectivity index (χ0) is 13.3. The third-order valence-corrected chi connectivity index (χ3v) is 3.16. The summed E-state index contributed by atoms with van der Waals surface area (Å²) >= 11 is 6.00. The lowest BCUT2D eigenvalue weighted by atomic mass is 10.1. The van der Waals surface area contributed by atoms with Crippen molar-refractivity contribution < 1.29 is 14.7 Å². The predicted octanol–water partition coefficient (Wildman–Crippen LogP) is 2.02. The Kier molecular flexibility index (Phi) is 3.26. The van der Waals surface area contributed by atoms with Crippen LogP contribution in [-0.4, -0.2) is 23.5 Å². The summed E-state index contributed by atoms with van der Waals surface area (Å²) in [6.07, 6.45) is 5.56. The number of aromatic carboxylic acids is 1. The second-order valence-corrected chi connectivity index (χ2v) is 4.45. The fourth-order valence-corrected chi connectivity index (χ4v) is 2.12. The van der Waals surface area contributed by atoms with E-state index in [1.807, 2.05) is 0 Å². The monoisotopic (exact) mass is 263 g/mol. The maximum absolute atomic E-state index is 11.8. The Labute approximate surface area is 109 Å². The quantitative estimate of drug-likeness (QED) is 0.831. The number of carboxylic acid groups (broad SMARTS) is 1. The van der Waals surface area contributed by atoms with E-state index in [0.717, 1.165) is 0 Å². The van der Waals surface area contributed by atoms with Gasteiger partial charge in [0.2, 0.25) is 5.91 Å². The molecule has 1 aliphatic rings. The van der Waals surface area contributed by atoms with Crippen LogP contribution in [-0.2, 0) is 4.79 Å². The molecule has 1 heterocycles. The smallest absolute Gasteiger partial charge is 0.335 e. The number of carbonyl (C=O) groups excluding carboxylic acids is 1. The molecule has 1 amide bonds. The molecule has 1 fully saturated rings. The fraction of sp³-hybridized carbons (Fsp3) is 0.231. The molecule has 1 atom stereocenters. The van der Waals surface area contributed by atoms with Crippen molar-refractivity contribution in [1.29, 1.82) is 0 Å². The van der Waals surface area contributed by atoms with Crippen molar-refractivity contribution >= 4 is 29.2 Å². The molecule has 1 aromatic carbocycles. The number of hydrogen-bond donors (Lipinski definition) is 1. The Bertz CT molecular complexity index is 562. The first kappa shape index (κ1) is 12.5. The number of hydrogen-bond acceptors (Lipinski definition) is 2. The van der Waals surface area contributed by atoms with Gasteiger partial charge in [0, 0.05) is 18.9 Å². The minimum absolute atomic E-state index is 0.0892. The summed E-state index contributed by atoms with van der Waals surface area (Å²) in [5.74, 6) is 1.18. The molecule has 0 bridgehead atoms. The van der Waals surface area contributed by atoms with Gasteiger partial charge in [-0.25, -0.2) is 4.79 Å². The van der Waals surface area contributed by atoms with E-state index in [1.165, 1.54) is 23.1 Å². The Morgan fingerprint density at radius 2 is 2.28 bits per heavy atom. The van der Waals surface area contributed by atoms with Gasteiger partial charge < -0.3 is 10.0 Å². The van der Waals surface area contributed by atoms with E-state index in [0.29, 0.717) is 17.3 Å². The summed E-state index contributed by atoms with van der Waals surface area (Å²) in [5, 5.41) is 9.27. The van der Waals surface area contributed by atoms with Gasteiger partial charge in [-0.1, -0.05) is 11.6 Å². The summed E-state index contributed by atoms with van der Waals surface area (Å²) in [6.45, 7) is 0.373. The molecule has 1 saturated heterocycles. The topological polar surface area (TPSA) is 57.6 Å². The highest BCUT2D eigenvalue weighted by molar-refractivity contribution is 6.34. The minimum Gasteiger partial charge on any atom is -0.478 e. The number of halogens is 1. The summed E-state index contributed by atoms with van der Waals surface area (Å²) in [7, 11) is 0. The van der Waals surface area contributed by atoms with Crippen LogP contribution in [0.3, 0.4) is 0 Å². The zero-order valence-electron chi connectivity index (χ0n) is 9.39. The number of carboxylic acids is 1. The Balaban J connectivity index is 2.39. The molecule has 1 unspecified atom stereocenters. The summed E-state index contributed by atoms with van der Waals surface area (Å²) < 4.78 is 0. The zero-order valence-corrected chi connectivity index (χ0v) is 10.1. The number of carbonyl (C=O) groups is 2. The molecule has 0 aromatic heterocycles. The van der Waals surface area contributed by atoms with E-state index in [4.69, 9.17) is 23.1 Å². The van der Waals surface area contributed by atoms with Crippen molar-refractivity contribution in [3.05, 3.63) is 28.8 Å². The summed E-state index contributed by atoms with van der Waals surface area (Å²) in [5.41, 5.74) is 0.491. The molecule has 1 aliphatic heterocycles. The second kappa shape index (κ2) is 4.71. The van der Waals surface area contributed by atoms with E-state index >= 15 is 0 Å². The van der Waals surface area contributed by atoms with Gasteiger partial charge in [0.05, 0.1) is 16.3 Å². The summed E-state index contributed by atoms with van der Waals surface area (Å²) in [6, 6.07) is 4.26. The van der Waals surface area contributed by atoms with Crippen LogP contribution >= 0.6 is 11.6 Å². The Morgan fingerprint density at radius 1 is 1.56 bits per heavy atom. The van der Waals surface area contributed by atoms with E-state index in [1.54, 1.807) is 0 Å². The SMILES string of the molecule is C#CC1CC(=O)N(c2cc(C(=O)O)ccc2Cl)C1. The Morgan fingerprint density at radius 3 is 2.83 bits per heavy atom. The van der Waals surface area contributed by atoms with Gasteiger partial charge in [-0.3, -0.25) is 4.79 Å². The largest absolute Gasteiger partial charge is 0.478 e. The molecule has 92 valence electrons. The van der Waals surface area contributed by atoms with Crippen LogP contribution in [0, 0.1) is 18.3 Å². The van der Waals surface area contributed by atoms with Crippen LogP contribution in [0.1, 0.15) is 16.8 Å². The molecule has 0 aliphatic carbocycles. The third kappa shape index (κ3) is 2.18. The van der Waals surface area contributed by atoms with E-state index < -0.39 is 5.97 Å². The molecule has 5 heteroatoms.